The Morgan fingerprint density at radius 1 is 0.980 bits per heavy atom. The van der Waals surface area contributed by atoms with Gasteiger partial charge in [0.05, 0.1) is 24.6 Å². The van der Waals surface area contributed by atoms with Crippen LogP contribution in [0.1, 0.15) is 73.5 Å². The SMILES string of the molecule is COc1ccc([C@@H]2CN(C3CCCC3)C[C@@]2(F)C(=O)N2C[C@H](c3ccc(C(F)(F)F)cc3N3CCC(C(=O)O)CC3)C[C@H]2CF)cc1.Cl.Cl. The largest absolute Gasteiger partial charge is 0.497 e. The van der Waals surface area contributed by atoms with E-state index in [2.05, 4.69) is 4.90 Å². The van der Waals surface area contributed by atoms with Crippen molar-refractivity contribution in [3.05, 3.63) is 59.2 Å². The second-order valence-electron chi connectivity index (χ2n) is 13.6. The highest BCUT2D eigenvalue weighted by atomic mass is 35.5. The maximum atomic E-state index is 17.5. The number of piperidine rings is 1. The average molecular weight is 737 g/mol. The van der Waals surface area contributed by atoms with Crippen molar-refractivity contribution in [3.8, 4) is 5.75 Å². The number of carbonyl (C=O) groups excluding carboxylic acids is 1. The molecule has 3 saturated heterocycles. The third-order valence-corrected chi connectivity index (χ3v) is 11.0. The molecule has 3 heterocycles. The predicted molar refractivity (Wildman–Crippen MR) is 181 cm³/mol. The van der Waals surface area contributed by atoms with Gasteiger partial charge < -0.3 is 19.6 Å². The number of methoxy groups -OCH3 is 1. The highest BCUT2D eigenvalue weighted by molar-refractivity contribution is 5.88. The second-order valence-corrected chi connectivity index (χ2v) is 13.6. The second kappa shape index (κ2) is 15.6. The summed E-state index contributed by atoms with van der Waals surface area (Å²) < 4.78 is 78.9. The van der Waals surface area contributed by atoms with E-state index in [-0.39, 0.29) is 76.3 Å². The molecule has 2 aromatic rings. The molecular formula is C35H44Cl2F5N3O4. The number of carboxylic acid groups (broad SMARTS) is 1. The first kappa shape index (κ1) is 39.0. The van der Waals surface area contributed by atoms with Gasteiger partial charge in [0, 0.05) is 56.3 Å². The van der Waals surface area contributed by atoms with Crippen molar-refractivity contribution in [1.29, 1.82) is 0 Å². The van der Waals surface area contributed by atoms with Crippen molar-refractivity contribution in [2.75, 3.05) is 51.4 Å². The molecule has 2 aromatic carbocycles. The summed E-state index contributed by atoms with van der Waals surface area (Å²) in [6.07, 6.45) is 0.0474. The van der Waals surface area contributed by atoms with Gasteiger partial charge in [-0.1, -0.05) is 31.0 Å². The summed E-state index contributed by atoms with van der Waals surface area (Å²) in [6, 6.07) is 9.70. The van der Waals surface area contributed by atoms with E-state index in [9.17, 15) is 32.3 Å². The Kier molecular flexibility index (Phi) is 12.4. The number of rotatable bonds is 8. The molecule has 1 saturated carbocycles. The number of likely N-dealkylation sites (tertiary alicyclic amines) is 2. The predicted octanol–water partition coefficient (Wildman–Crippen LogP) is 7.26. The van der Waals surface area contributed by atoms with Gasteiger partial charge in [-0.25, -0.2) is 8.78 Å². The molecule has 272 valence electrons. The van der Waals surface area contributed by atoms with E-state index < -0.39 is 59.8 Å². The van der Waals surface area contributed by atoms with Crippen LogP contribution in [0, 0.1) is 5.92 Å². The molecule has 4 aliphatic rings. The van der Waals surface area contributed by atoms with Crippen molar-refractivity contribution in [2.45, 2.75) is 80.7 Å². The Balaban J connectivity index is 0.00000270. The van der Waals surface area contributed by atoms with Crippen LogP contribution in [0.3, 0.4) is 0 Å². The van der Waals surface area contributed by atoms with Crippen LogP contribution in [0.2, 0.25) is 0 Å². The minimum absolute atomic E-state index is 0. The molecule has 0 aromatic heterocycles. The molecule has 0 unspecified atom stereocenters. The molecule has 1 aliphatic carbocycles. The highest BCUT2D eigenvalue weighted by Crippen LogP contribution is 2.47. The molecule has 0 spiro atoms. The van der Waals surface area contributed by atoms with Gasteiger partial charge in [0.25, 0.3) is 5.91 Å². The van der Waals surface area contributed by atoms with Crippen LogP contribution in [0.25, 0.3) is 0 Å². The van der Waals surface area contributed by atoms with E-state index in [1.807, 2.05) is 0 Å². The number of anilines is 1. The fraction of sp³-hybridized carbons (Fsp3) is 0.600. The summed E-state index contributed by atoms with van der Waals surface area (Å²) in [7, 11) is 1.54. The van der Waals surface area contributed by atoms with E-state index in [0.717, 1.165) is 37.8 Å². The summed E-state index contributed by atoms with van der Waals surface area (Å²) in [5, 5.41) is 9.43. The molecule has 49 heavy (non-hydrogen) atoms. The van der Waals surface area contributed by atoms with Crippen molar-refractivity contribution < 1.29 is 41.4 Å². The van der Waals surface area contributed by atoms with Crippen LogP contribution in [0.5, 0.6) is 5.75 Å². The van der Waals surface area contributed by atoms with Gasteiger partial charge in [0.1, 0.15) is 12.4 Å². The minimum Gasteiger partial charge on any atom is -0.497 e. The lowest BCUT2D eigenvalue weighted by molar-refractivity contribution is -0.145. The van der Waals surface area contributed by atoms with Gasteiger partial charge in [0.2, 0.25) is 5.67 Å². The fourth-order valence-corrected chi connectivity index (χ4v) is 8.30. The quantitative estimate of drug-likeness (QED) is 0.288. The summed E-state index contributed by atoms with van der Waals surface area (Å²) in [6.45, 7) is -0.175. The van der Waals surface area contributed by atoms with Crippen molar-refractivity contribution in [1.82, 2.24) is 9.80 Å². The number of alkyl halides is 5. The van der Waals surface area contributed by atoms with Crippen LogP contribution in [-0.4, -0.2) is 91.0 Å². The highest BCUT2D eigenvalue weighted by Gasteiger charge is 2.58. The number of aliphatic carboxylic acids is 1. The van der Waals surface area contributed by atoms with Crippen LogP contribution in [0.4, 0.5) is 27.6 Å². The fourth-order valence-electron chi connectivity index (χ4n) is 8.30. The zero-order chi connectivity index (χ0) is 33.5. The lowest BCUT2D eigenvalue weighted by Gasteiger charge is -2.35. The number of amides is 1. The molecule has 0 bridgehead atoms. The normalized spacial score (nSPS) is 26.8. The van der Waals surface area contributed by atoms with E-state index in [1.54, 1.807) is 29.2 Å². The number of nitrogens with zero attached hydrogens (tertiary/aromatic N) is 3. The number of hydrogen-bond acceptors (Lipinski definition) is 5. The van der Waals surface area contributed by atoms with Crippen LogP contribution >= 0.6 is 24.8 Å². The number of carboxylic acids is 1. The van der Waals surface area contributed by atoms with Crippen LogP contribution in [0.15, 0.2) is 42.5 Å². The Morgan fingerprint density at radius 2 is 1.63 bits per heavy atom. The van der Waals surface area contributed by atoms with Gasteiger partial charge in [-0.2, -0.15) is 13.2 Å². The first-order valence-electron chi connectivity index (χ1n) is 16.6. The summed E-state index contributed by atoms with van der Waals surface area (Å²) in [5.74, 6) is -2.99. The van der Waals surface area contributed by atoms with Crippen molar-refractivity contribution in [3.63, 3.8) is 0 Å². The number of hydrogen-bond donors (Lipinski definition) is 1. The first-order chi connectivity index (χ1) is 22.4. The molecule has 4 fully saturated rings. The third kappa shape index (κ3) is 7.76. The van der Waals surface area contributed by atoms with Gasteiger partial charge >= 0.3 is 12.1 Å². The number of ether oxygens (including phenoxy) is 1. The summed E-state index contributed by atoms with van der Waals surface area (Å²) in [5.41, 5.74) is -1.67. The van der Waals surface area contributed by atoms with E-state index >= 15 is 4.39 Å². The minimum atomic E-state index is -4.60. The van der Waals surface area contributed by atoms with Gasteiger partial charge in [-0.05, 0) is 67.5 Å². The lowest BCUT2D eigenvalue weighted by Crippen LogP contribution is -2.52. The molecule has 0 radical (unpaired) electrons. The van der Waals surface area contributed by atoms with Gasteiger partial charge in [0.15, 0.2) is 0 Å². The van der Waals surface area contributed by atoms with Crippen molar-refractivity contribution >= 4 is 42.4 Å². The average Bonchev–Trinajstić information content (AvgIpc) is 3.83. The topological polar surface area (TPSA) is 73.3 Å². The molecule has 7 nitrogen and oxygen atoms in total. The maximum absolute atomic E-state index is 17.5. The lowest BCUT2D eigenvalue weighted by atomic mass is 9.85. The molecule has 1 amide bonds. The van der Waals surface area contributed by atoms with E-state index in [1.165, 1.54) is 18.1 Å². The summed E-state index contributed by atoms with van der Waals surface area (Å²) in [4.78, 5) is 31.0. The van der Waals surface area contributed by atoms with E-state index in [4.69, 9.17) is 4.74 Å². The van der Waals surface area contributed by atoms with Crippen LogP contribution in [-0.2, 0) is 15.8 Å². The molecule has 3 aliphatic heterocycles. The van der Waals surface area contributed by atoms with Gasteiger partial charge in [-0.15, -0.1) is 24.8 Å². The Bertz CT molecular complexity index is 1450. The summed E-state index contributed by atoms with van der Waals surface area (Å²) >= 11 is 0. The monoisotopic (exact) mass is 735 g/mol. The Hall–Kier alpha value is -2.83. The maximum Gasteiger partial charge on any atom is 0.416 e. The zero-order valence-corrected chi connectivity index (χ0v) is 29.0. The molecule has 14 heteroatoms. The van der Waals surface area contributed by atoms with Crippen LogP contribution < -0.4 is 9.64 Å². The molecule has 6 rings (SSSR count). The molecule has 4 atom stereocenters. The molecule has 1 N–H and O–H groups in total. The zero-order valence-electron chi connectivity index (χ0n) is 27.3. The van der Waals surface area contributed by atoms with E-state index in [0.29, 0.717) is 29.1 Å². The number of benzene rings is 2. The van der Waals surface area contributed by atoms with Gasteiger partial charge in [-0.3, -0.25) is 14.5 Å². The molecular weight excluding hydrogens is 692 g/mol. The van der Waals surface area contributed by atoms with Crippen molar-refractivity contribution in [2.24, 2.45) is 5.92 Å². The Morgan fingerprint density at radius 3 is 2.20 bits per heavy atom. The smallest absolute Gasteiger partial charge is 0.416 e. The Labute approximate surface area is 296 Å². The third-order valence-electron chi connectivity index (χ3n) is 11.0. The number of carbonyl (C=O) groups is 2. The standard InChI is InChI=1S/C35H42F5N3O4.2ClH/c1-47-28-9-6-22(7-10-28)30-20-42(26-4-2-3-5-26)21-34(30,37)33(46)43-19-24(16-27(43)18-36)29-11-8-25(35(38,39)40)17-31(29)41-14-12-23(13-15-41)32(44)45;;/h6-11,17,23-24,26-27,30H,2-5,12-16,18-21H2,1H3,(H,44,45);2*1H/t24-,27+,30+,34+;;/m1../s1. The first-order valence-corrected chi connectivity index (χ1v) is 16.6. The number of halogens is 7.